The molecule has 2 amide bonds. The van der Waals surface area contributed by atoms with Gasteiger partial charge in [-0.2, -0.15) is 0 Å². The molecule has 1 aromatic carbocycles. The number of thiophene rings is 1. The van der Waals surface area contributed by atoms with Gasteiger partial charge in [0, 0.05) is 29.2 Å². The molecule has 3 heterocycles. The van der Waals surface area contributed by atoms with Crippen LogP contribution in [0.5, 0.6) is 0 Å². The number of carbonyl (C=O) groups excluding carboxylic acids is 3. The fourth-order valence-electron chi connectivity index (χ4n) is 3.62. The summed E-state index contributed by atoms with van der Waals surface area (Å²) in [4.78, 5) is 44.2. The molecule has 0 bridgehead atoms. The number of carbonyl (C=O) groups is 3. The van der Waals surface area contributed by atoms with Gasteiger partial charge in [-0.3, -0.25) is 14.4 Å². The molecule has 144 valence electrons. The first-order chi connectivity index (χ1) is 13.5. The van der Waals surface area contributed by atoms with Gasteiger partial charge < -0.3 is 15.2 Å². The molecule has 0 saturated carbocycles. The van der Waals surface area contributed by atoms with Crippen molar-refractivity contribution in [2.45, 2.75) is 25.8 Å². The zero-order valence-electron chi connectivity index (χ0n) is 15.7. The number of aromatic nitrogens is 1. The van der Waals surface area contributed by atoms with Crippen LogP contribution < -0.4 is 5.32 Å². The van der Waals surface area contributed by atoms with E-state index in [1.807, 2.05) is 36.4 Å². The topological polar surface area (TPSA) is 82.3 Å². The highest BCUT2D eigenvalue weighted by Crippen LogP contribution is 2.28. The third-order valence-corrected chi connectivity index (χ3v) is 6.30. The summed E-state index contributed by atoms with van der Waals surface area (Å²) in [6.45, 7) is 2.12. The van der Waals surface area contributed by atoms with Crippen molar-refractivity contribution < 1.29 is 14.4 Å². The van der Waals surface area contributed by atoms with E-state index in [4.69, 9.17) is 0 Å². The van der Waals surface area contributed by atoms with Crippen LogP contribution in [0, 0.1) is 0 Å². The van der Waals surface area contributed by atoms with Crippen LogP contribution in [-0.2, 0) is 22.4 Å². The Balaban J connectivity index is 1.76. The first-order valence-corrected chi connectivity index (χ1v) is 10.1. The predicted molar refractivity (Wildman–Crippen MR) is 109 cm³/mol. The van der Waals surface area contributed by atoms with E-state index in [0.717, 1.165) is 27.8 Å². The van der Waals surface area contributed by atoms with E-state index in [1.165, 1.54) is 16.2 Å². The zero-order valence-corrected chi connectivity index (χ0v) is 16.6. The van der Waals surface area contributed by atoms with Crippen LogP contribution in [0.15, 0.2) is 36.4 Å². The number of likely N-dealkylation sites (N-methyl/N-ethyl adjacent to an activating group) is 1. The van der Waals surface area contributed by atoms with E-state index in [0.29, 0.717) is 10.6 Å². The van der Waals surface area contributed by atoms with Crippen molar-refractivity contribution in [1.29, 1.82) is 0 Å². The summed E-state index contributed by atoms with van der Waals surface area (Å²) in [5.74, 6) is -0.419. The summed E-state index contributed by atoms with van der Waals surface area (Å²) in [5, 5.41) is 3.66. The summed E-state index contributed by atoms with van der Waals surface area (Å²) in [6.07, 6.45) is 1.15. The number of fused-ring (bicyclic) bond motifs is 1. The van der Waals surface area contributed by atoms with Crippen LogP contribution in [0.1, 0.15) is 32.7 Å². The molecule has 7 heteroatoms. The molecule has 1 fully saturated rings. The number of piperazine rings is 1. The molecule has 2 aromatic heterocycles. The number of para-hydroxylation sites is 1. The largest absolute Gasteiger partial charge is 0.352 e. The van der Waals surface area contributed by atoms with Gasteiger partial charge in [0.15, 0.2) is 0 Å². The van der Waals surface area contributed by atoms with E-state index < -0.39 is 6.04 Å². The normalized spacial score (nSPS) is 17.2. The number of hydrogen-bond acceptors (Lipinski definition) is 4. The quantitative estimate of drug-likeness (QED) is 0.652. The van der Waals surface area contributed by atoms with Crippen molar-refractivity contribution >= 4 is 39.8 Å². The third-order valence-electron chi connectivity index (χ3n) is 5.07. The lowest BCUT2D eigenvalue weighted by molar-refractivity contribution is -0.142. The van der Waals surface area contributed by atoms with E-state index >= 15 is 0 Å². The number of rotatable bonds is 5. The smallest absolute Gasteiger partial charge is 0.245 e. The first-order valence-electron chi connectivity index (χ1n) is 9.25. The second-order valence-electron chi connectivity index (χ2n) is 6.99. The van der Waals surface area contributed by atoms with Gasteiger partial charge in [-0.25, -0.2) is 0 Å². The molecular formula is C21H21N3O3S. The minimum atomic E-state index is -0.674. The van der Waals surface area contributed by atoms with Gasteiger partial charge in [0.25, 0.3) is 0 Å². The maximum Gasteiger partial charge on any atom is 0.245 e. The molecule has 0 radical (unpaired) electrons. The number of aryl methyl sites for hydroxylation is 1. The highest BCUT2D eigenvalue weighted by molar-refractivity contribution is 7.14. The van der Waals surface area contributed by atoms with Gasteiger partial charge in [-0.15, -0.1) is 11.3 Å². The Morgan fingerprint density at radius 1 is 1.21 bits per heavy atom. The fourth-order valence-corrected chi connectivity index (χ4v) is 4.52. The number of benzene rings is 1. The Labute approximate surface area is 166 Å². The Kier molecular flexibility index (Phi) is 4.77. The molecule has 6 nitrogen and oxygen atoms in total. The van der Waals surface area contributed by atoms with E-state index in [-0.39, 0.29) is 30.6 Å². The number of H-pyrrole nitrogens is 1. The first kappa shape index (κ1) is 18.4. The van der Waals surface area contributed by atoms with Crippen molar-refractivity contribution in [3.05, 3.63) is 57.4 Å². The van der Waals surface area contributed by atoms with Crippen LogP contribution >= 0.6 is 11.3 Å². The highest BCUT2D eigenvalue weighted by Gasteiger charge is 2.32. The van der Waals surface area contributed by atoms with Crippen molar-refractivity contribution in [1.82, 2.24) is 15.2 Å². The number of aromatic amines is 1. The molecule has 0 spiro atoms. The molecule has 1 unspecified atom stereocenters. The Morgan fingerprint density at radius 2 is 2.00 bits per heavy atom. The summed E-state index contributed by atoms with van der Waals surface area (Å²) in [6, 6.07) is 10.8. The molecule has 1 saturated heterocycles. The third kappa shape index (κ3) is 3.22. The molecule has 0 aliphatic carbocycles. The van der Waals surface area contributed by atoms with Gasteiger partial charge in [0.05, 0.1) is 17.1 Å². The molecule has 1 aliphatic rings. The maximum absolute atomic E-state index is 13.2. The molecule has 28 heavy (non-hydrogen) atoms. The molecule has 3 aromatic rings. The lowest BCUT2D eigenvalue weighted by Gasteiger charge is -2.29. The van der Waals surface area contributed by atoms with Crippen molar-refractivity contribution in [2.24, 2.45) is 0 Å². The molecule has 1 aliphatic heterocycles. The number of nitrogens with zero attached hydrogens (tertiary/aromatic N) is 1. The minimum absolute atomic E-state index is 0.0595. The second kappa shape index (κ2) is 7.24. The Bertz CT molecular complexity index is 1080. The van der Waals surface area contributed by atoms with Gasteiger partial charge >= 0.3 is 0 Å². The zero-order chi connectivity index (χ0) is 19.8. The van der Waals surface area contributed by atoms with Crippen molar-refractivity contribution in [3.8, 4) is 0 Å². The van der Waals surface area contributed by atoms with Gasteiger partial charge in [0.2, 0.25) is 17.6 Å². The predicted octanol–water partition coefficient (Wildman–Crippen LogP) is 2.52. The lowest BCUT2D eigenvalue weighted by atomic mass is 9.98. The molecule has 4 rings (SSSR count). The van der Waals surface area contributed by atoms with Gasteiger partial charge in [0.1, 0.15) is 6.04 Å². The van der Waals surface area contributed by atoms with Crippen molar-refractivity contribution in [3.63, 3.8) is 0 Å². The number of hydrogen-bond donors (Lipinski definition) is 2. The SMILES string of the molecule is CCc1ccc(C(=O)c2[nH]c3ccccc3c2CC2NC(=O)CN(C)C2=O)s1. The number of amides is 2. The van der Waals surface area contributed by atoms with Crippen LogP contribution in [0.3, 0.4) is 0 Å². The summed E-state index contributed by atoms with van der Waals surface area (Å²) >= 11 is 1.49. The highest BCUT2D eigenvalue weighted by atomic mass is 32.1. The number of nitrogens with one attached hydrogen (secondary N) is 2. The Morgan fingerprint density at radius 3 is 2.75 bits per heavy atom. The lowest BCUT2D eigenvalue weighted by Crippen LogP contribution is -2.57. The Hall–Kier alpha value is -2.93. The fraction of sp³-hybridized carbons (Fsp3) is 0.286. The average molecular weight is 395 g/mol. The maximum atomic E-state index is 13.2. The second-order valence-corrected chi connectivity index (χ2v) is 8.16. The average Bonchev–Trinajstić information content (AvgIpc) is 3.30. The molecule has 1 atom stereocenters. The standard InChI is InChI=1S/C21H21N3O3S/c1-3-12-8-9-17(28-12)20(26)19-14(13-6-4-5-7-15(13)23-19)10-16-21(27)24(2)11-18(25)22-16/h4-9,16,23H,3,10-11H2,1-2H3,(H,22,25). The van der Waals surface area contributed by atoms with Crippen LogP contribution in [0.2, 0.25) is 0 Å². The van der Waals surface area contributed by atoms with Crippen LogP contribution in [0.25, 0.3) is 10.9 Å². The van der Waals surface area contributed by atoms with E-state index in [1.54, 1.807) is 7.05 Å². The van der Waals surface area contributed by atoms with Crippen LogP contribution in [-0.4, -0.2) is 47.1 Å². The van der Waals surface area contributed by atoms with Gasteiger partial charge in [-0.1, -0.05) is 25.1 Å². The monoisotopic (exact) mass is 395 g/mol. The van der Waals surface area contributed by atoms with Crippen molar-refractivity contribution in [2.75, 3.05) is 13.6 Å². The summed E-state index contributed by atoms with van der Waals surface area (Å²) in [7, 11) is 1.62. The van der Waals surface area contributed by atoms with E-state index in [2.05, 4.69) is 17.2 Å². The summed E-state index contributed by atoms with van der Waals surface area (Å²) in [5.41, 5.74) is 2.10. The van der Waals surface area contributed by atoms with Gasteiger partial charge in [-0.05, 0) is 30.2 Å². The number of ketones is 1. The minimum Gasteiger partial charge on any atom is -0.352 e. The van der Waals surface area contributed by atoms with E-state index in [9.17, 15) is 14.4 Å². The molecule has 2 N–H and O–H groups in total. The van der Waals surface area contributed by atoms with Crippen LogP contribution in [0.4, 0.5) is 0 Å². The molecular weight excluding hydrogens is 374 g/mol. The summed E-state index contributed by atoms with van der Waals surface area (Å²) < 4.78 is 0.